The Labute approximate surface area is 214 Å². The van der Waals surface area contributed by atoms with Crippen LogP contribution in [0.25, 0.3) is 0 Å². The van der Waals surface area contributed by atoms with Gasteiger partial charge < -0.3 is 8.37 Å². The summed E-state index contributed by atoms with van der Waals surface area (Å²) in [5.41, 5.74) is 0.373. The maximum absolute atomic E-state index is 12.5. The molecule has 7 heteroatoms. The fraction of sp³-hybridized carbons (Fsp3) is 0.857. The highest BCUT2D eigenvalue weighted by Crippen LogP contribution is 2.26. The van der Waals surface area contributed by atoms with Crippen LogP contribution in [0.5, 0.6) is 0 Å². The molecule has 0 N–H and O–H groups in total. The van der Waals surface area contributed by atoms with Crippen LogP contribution in [0.15, 0.2) is 11.1 Å². The quantitative estimate of drug-likeness (QED) is 0.135. The molecule has 35 heavy (non-hydrogen) atoms. The zero-order valence-electron chi connectivity index (χ0n) is 22.4. The van der Waals surface area contributed by atoms with Crippen LogP contribution in [-0.2, 0) is 28.4 Å². The van der Waals surface area contributed by atoms with Crippen LogP contribution in [0, 0.1) is 0 Å². The third-order valence-corrected chi connectivity index (χ3v) is 7.48. The highest BCUT2D eigenvalue weighted by Gasteiger charge is 2.34. The standard InChI is InChI=1S/C28H50O6S/c1-3-5-7-9-11-13-15-17-19-21-23-25-26(28(30)34-35(31,32)33-27(25)29)24-22-20-18-16-14-12-10-8-6-4-2/h3-24H2,1-2H3. The normalized spacial score (nSPS) is 15.7. The first-order valence-corrected chi connectivity index (χ1v) is 15.7. The van der Waals surface area contributed by atoms with Crippen molar-refractivity contribution in [3.8, 4) is 0 Å². The van der Waals surface area contributed by atoms with Crippen LogP contribution in [0.1, 0.15) is 155 Å². The number of carbonyl (C=O) groups excluding carboxylic acids is 2. The van der Waals surface area contributed by atoms with E-state index in [1.165, 1.54) is 77.0 Å². The molecule has 0 aromatic heterocycles. The summed E-state index contributed by atoms with van der Waals surface area (Å²) in [6.45, 7) is 4.44. The summed E-state index contributed by atoms with van der Waals surface area (Å²) in [7, 11) is -4.63. The molecule has 1 rings (SSSR count). The summed E-state index contributed by atoms with van der Waals surface area (Å²) in [5.74, 6) is -1.90. The van der Waals surface area contributed by atoms with Crippen molar-refractivity contribution in [2.75, 3.05) is 0 Å². The molecule has 6 nitrogen and oxygen atoms in total. The van der Waals surface area contributed by atoms with Crippen LogP contribution in [-0.4, -0.2) is 20.4 Å². The lowest BCUT2D eigenvalue weighted by Crippen LogP contribution is -2.15. The smallest absolute Gasteiger partial charge is 0.312 e. The van der Waals surface area contributed by atoms with Gasteiger partial charge in [-0.2, -0.15) is 0 Å². The maximum atomic E-state index is 12.5. The zero-order valence-corrected chi connectivity index (χ0v) is 23.2. The van der Waals surface area contributed by atoms with Gasteiger partial charge in [0.1, 0.15) is 0 Å². The molecule has 1 aliphatic rings. The molecular formula is C28H50O6S. The van der Waals surface area contributed by atoms with Gasteiger partial charge in [-0.05, 0) is 25.7 Å². The molecule has 0 aromatic rings. The summed E-state index contributed by atoms with van der Waals surface area (Å²) in [4.78, 5) is 24.9. The molecule has 0 atom stereocenters. The van der Waals surface area contributed by atoms with Gasteiger partial charge in [0.05, 0.1) is 0 Å². The van der Waals surface area contributed by atoms with Gasteiger partial charge in [-0.25, -0.2) is 9.59 Å². The lowest BCUT2D eigenvalue weighted by Gasteiger charge is -2.09. The summed E-state index contributed by atoms with van der Waals surface area (Å²) < 4.78 is 32.5. The van der Waals surface area contributed by atoms with E-state index >= 15 is 0 Å². The van der Waals surface area contributed by atoms with E-state index in [1.807, 2.05) is 0 Å². The summed E-state index contributed by atoms with van der Waals surface area (Å²) >= 11 is 0. The van der Waals surface area contributed by atoms with Gasteiger partial charge in [0, 0.05) is 11.1 Å². The summed E-state index contributed by atoms with van der Waals surface area (Å²) in [6.07, 6.45) is 23.9. The molecule has 0 amide bonds. The molecule has 0 saturated heterocycles. The highest BCUT2D eigenvalue weighted by molar-refractivity contribution is 7.82. The first-order valence-electron chi connectivity index (χ1n) is 14.4. The predicted octanol–water partition coefficient (Wildman–Crippen LogP) is 8.25. The topological polar surface area (TPSA) is 86.7 Å². The van der Waals surface area contributed by atoms with Crippen LogP contribution in [0.4, 0.5) is 0 Å². The number of rotatable bonds is 22. The molecule has 0 fully saturated rings. The van der Waals surface area contributed by atoms with Crippen LogP contribution in [0.3, 0.4) is 0 Å². The lowest BCUT2D eigenvalue weighted by molar-refractivity contribution is -0.131. The van der Waals surface area contributed by atoms with Gasteiger partial charge in [-0.3, -0.25) is 0 Å². The maximum Gasteiger partial charge on any atom is 0.506 e. The van der Waals surface area contributed by atoms with E-state index in [2.05, 4.69) is 22.2 Å². The van der Waals surface area contributed by atoms with E-state index in [0.717, 1.165) is 51.4 Å². The molecule has 1 heterocycles. The Hall–Kier alpha value is -1.37. The Kier molecular flexibility index (Phi) is 17.9. The van der Waals surface area contributed by atoms with Crippen molar-refractivity contribution in [1.29, 1.82) is 0 Å². The Balaban J connectivity index is 2.43. The fourth-order valence-corrected chi connectivity index (χ4v) is 5.24. The fourth-order valence-electron chi connectivity index (χ4n) is 4.63. The number of carbonyl (C=O) groups is 2. The zero-order chi connectivity index (χ0) is 25.8. The first-order chi connectivity index (χ1) is 16.9. The summed E-state index contributed by atoms with van der Waals surface area (Å²) in [6, 6.07) is 0. The minimum absolute atomic E-state index is 0.187. The van der Waals surface area contributed by atoms with Crippen molar-refractivity contribution in [3.63, 3.8) is 0 Å². The van der Waals surface area contributed by atoms with E-state index in [0.29, 0.717) is 12.8 Å². The minimum atomic E-state index is -4.63. The molecular weight excluding hydrogens is 464 g/mol. The monoisotopic (exact) mass is 514 g/mol. The number of hydrogen-bond donors (Lipinski definition) is 0. The van der Waals surface area contributed by atoms with Crippen molar-refractivity contribution < 1.29 is 26.4 Å². The summed E-state index contributed by atoms with van der Waals surface area (Å²) in [5, 5.41) is 0. The van der Waals surface area contributed by atoms with Gasteiger partial charge in [0.25, 0.3) is 0 Å². The molecule has 0 radical (unpaired) electrons. The Morgan fingerprint density at radius 3 is 1.00 bits per heavy atom. The van der Waals surface area contributed by atoms with Crippen molar-refractivity contribution >= 4 is 22.3 Å². The van der Waals surface area contributed by atoms with Gasteiger partial charge in [-0.1, -0.05) is 129 Å². The predicted molar refractivity (Wildman–Crippen MR) is 141 cm³/mol. The van der Waals surface area contributed by atoms with E-state index in [-0.39, 0.29) is 11.1 Å². The molecule has 0 saturated carbocycles. The largest absolute Gasteiger partial charge is 0.506 e. The van der Waals surface area contributed by atoms with Gasteiger partial charge in [0.15, 0.2) is 0 Å². The number of unbranched alkanes of at least 4 members (excludes halogenated alkanes) is 18. The second kappa shape index (κ2) is 19.8. The average molecular weight is 515 g/mol. The molecule has 0 unspecified atom stereocenters. The van der Waals surface area contributed by atoms with E-state index in [1.54, 1.807) is 0 Å². The van der Waals surface area contributed by atoms with Crippen LogP contribution < -0.4 is 0 Å². The van der Waals surface area contributed by atoms with E-state index in [4.69, 9.17) is 0 Å². The van der Waals surface area contributed by atoms with Gasteiger partial charge >= 0.3 is 22.3 Å². The second-order valence-corrected chi connectivity index (χ2v) is 11.1. The Morgan fingerprint density at radius 1 is 0.457 bits per heavy atom. The third-order valence-electron chi connectivity index (χ3n) is 6.77. The second-order valence-electron chi connectivity index (χ2n) is 9.97. The first kappa shape index (κ1) is 31.7. The van der Waals surface area contributed by atoms with Crippen molar-refractivity contribution in [2.45, 2.75) is 155 Å². The molecule has 0 bridgehead atoms. The molecule has 204 valence electrons. The minimum Gasteiger partial charge on any atom is -0.312 e. The van der Waals surface area contributed by atoms with Crippen LogP contribution in [0.2, 0.25) is 0 Å². The number of hydrogen-bond acceptors (Lipinski definition) is 6. The Bertz CT molecular complexity index is 672. The van der Waals surface area contributed by atoms with Gasteiger partial charge in [0.2, 0.25) is 0 Å². The van der Waals surface area contributed by atoms with Crippen molar-refractivity contribution in [3.05, 3.63) is 11.1 Å². The van der Waals surface area contributed by atoms with E-state index in [9.17, 15) is 18.0 Å². The molecule has 0 aromatic carbocycles. The molecule has 1 aliphatic heterocycles. The van der Waals surface area contributed by atoms with Crippen LogP contribution >= 0.6 is 0 Å². The third kappa shape index (κ3) is 15.4. The highest BCUT2D eigenvalue weighted by atomic mass is 32.3. The van der Waals surface area contributed by atoms with Crippen molar-refractivity contribution in [2.24, 2.45) is 0 Å². The van der Waals surface area contributed by atoms with Gasteiger partial charge in [-0.15, -0.1) is 8.42 Å². The SMILES string of the molecule is CCCCCCCCCCCCC1=C(CCCCCCCCCCCC)C(=O)OS(=O)(=O)OC1=O. The average Bonchev–Trinajstić information content (AvgIpc) is 2.88. The molecule has 0 aliphatic carbocycles. The lowest BCUT2D eigenvalue weighted by atomic mass is 9.96. The Morgan fingerprint density at radius 2 is 0.714 bits per heavy atom. The molecule has 0 spiro atoms. The van der Waals surface area contributed by atoms with E-state index < -0.39 is 22.3 Å². The van der Waals surface area contributed by atoms with Crippen molar-refractivity contribution in [1.82, 2.24) is 0 Å².